The summed E-state index contributed by atoms with van der Waals surface area (Å²) in [6.07, 6.45) is -0.168. The predicted molar refractivity (Wildman–Crippen MR) is 82.8 cm³/mol. The number of hydrogen-bond donors (Lipinski definition) is 3. The van der Waals surface area contributed by atoms with E-state index in [2.05, 4.69) is 4.98 Å². The zero-order valence-electron chi connectivity index (χ0n) is 12.5. The number of nitrogens with two attached hydrogens (primary N) is 1. The summed E-state index contributed by atoms with van der Waals surface area (Å²) in [4.78, 5) is 27.9. The minimum Gasteiger partial charge on any atom is -0.465 e. The highest BCUT2D eigenvalue weighted by atomic mass is 19.1. The second-order valence-electron chi connectivity index (χ2n) is 4.83. The maximum atomic E-state index is 14.2. The van der Waals surface area contributed by atoms with Gasteiger partial charge in [-0.1, -0.05) is 6.07 Å². The number of carbonyl (C=O) groups is 2. The number of anilines is 3. The van der Waals surface area contributed by atoms with Crippen LogP contribution < -0.4 is 16.0 Å². The molecule has 24 heavy (non-hydrogen) atoms. The summed E-state index contributed by atoms with van der Waals surface area (Å²) in [6, 6.07) is 4.66. The Hall–Kier alpha value is -3.23. The van der Waals surface area contributed by atoms with Gasteiger partial charge in [0.25, 0.3) is 5.91 Å². The minimum absolute atomic E-state index is 0.00368. The molecule has 0 spiro atoms. The van der Waals surface area contributed by atoms with Gasteiger partial charge in [0.05, 0.1) is 5.69 Å². The lowest BCUT2D eigenvalue weighted by Gasteiger charge is -2.26. The van der Waals surface area contributed by atoms with Gasteiger partial charge in [-0.15, -0.1) is 0 Å². The Labute approximate surface area is 135 Å². The average Bonchev–Trinajstić information content (AvgIpc) is 2.51. The molecule has 0 fully saturated rings. The van der Waals surface area contributed by atoms with Gasteiger partial charge in [-0.05, 0) is 31.2 Å². The number of nitrogens with one attached hydrogen (secondary N) is 1. The molecule has 2 aromatic rings. The van der Waals surface area contributed by atoms with Crippen LogP contribution in [-0.4, -0.2) is 28.1 Å². The number of nitrogens with zero attached hydrogens (tertiary/aromatic N) is 2. The molecule has 0 bridgehead atoms. The molecule has 1 atom stereocenters. The number of amides is 2. The van der Waals surface area contributed by atoms with Crippen LogP contribution in [0.15, 0.2) is 36.5 Å². The standard InChI is InChI=1S/C15H14F2N4O3/c1-8(20-15(23)24)14(22)21(13-11(18)6-3-7-19-13)12-9(16)4-2-5-10(12)17/h2-8,20H,18H2,1H3,(H,23,24). The summed E-state index contributed by atoms with van der Waals surface area (Å²) in [5.41, 5.74) is 5.07. The molecule has 0 saturated carbocycles. The zero-order chi connectivity index (χ0) is 17.9. The predicted octanol–water partition coefficient (Wildman–Crippen LogP) is 2.26. The first-order chi connectivity index (χ1) is 11.3. The number of para-hydroxylation sites is 1. The molecule has 0 aliphatic carbocycles. The summed E-state index contributed by atoms with van der Waals surface area (Å²) in [5, 5.41) is 10.7. The van der Waals surface area contributed by atoms with E-state index in [1.807, 2.05) is 5.32 Å². The van der Waals surface area contributed by atoms with Crippen molar-refractivity contribution in [2.45, 2.75) is 13.0 Å². The van der Waals surface area contributed by atoms with Gasteiger partial charge >= 0.3 is 6.09 Å². The van der Waals surface area contributed by atoms with Crippen molar-refractivity contribution in [3.05, 3.63) is 48.2 Å². The van der Waals surface area contributed by atoms with Crippen LogP contribution >= 0.6 is 0 Å². The van der Waals surface area contributed by atoms with Crippen molar-refractivity contribution in [3.8, 4) is 0 Å². The Kier molecular flexibility index (Phi) is 4.93. The molecular weight excluding hydrogens is 322 g/mol. The van der Waals surface area contributed by atoms with Crippen LogP contribution in [0.2, 0.25) is 0 Å². The molecule has 126 valence electrons. The number of carbonyl (C=O) groups excluding carboxylic acids is 1. The van der Waals surface area contributed by atoms with Crippen molar-refractivity contribution in [2.24, 2.45) is 0 Å². The number of aromatic nitrogens is 1. The van der Waals surface area contributed by atoms with Gasteiger partial charge in [-0.25, -0.2) is 18.6 Å². The maximum Gasteiger partial charge on any atom is 0.405 e. The smallest absolute Gasteiger partial charge is 0.405 e. The molecule has 9 heteroatoms. The summed E-state index contributed by atoms with van der Waals surface area (Å²) < 4.78 is 28.3. The van der Waals surface area contributed by atoms with Crippen LogP contribution in [0.5, 0.6) is 0 Å². The third-order valence-electron chi connectivity index (χ3n) is 3.12. The lowest BCUT2D eigenvalue weighted by molar-refractivity contribution is -0.119. The SMILES string of the molecule is CC(NC(=O)O)C(=O)N(c1ncccc1N)c1c(F)cccc1F. The zero-order valence-corrected chi connectivity index (χ0v) is 12.5. The Bertz CT molecular complexity index is 765. The molecule has 1 unspecified atom stereocenters. The monoisotopic (exact) mass is 336 g/mol. The van der Waals surface area contributed by atoms with Crippen molar-refractivity contribution in [1.29, 1.82) is 0 Å². The number of carboxylic acid groups (broad SMARTS) is 1. The van der Waals surface area contributed by atoms with E-state index in [1.165, 1.54) is 25.3 Å². The van der Waals surface area contributed by atoms with E-state index in [0.717, 1.165) is 18.2 Å². The van der Waals surface area contributed by atoms with Gasteiger partial charge in [-0.2, -0.15) is 0 Å². The molecule has 7 nitrogen and oxygen atoms in total. The molecule has 0 saturated heterocycles. The van der Waals surface area contributed by atoms with Gasteiger partial charge in [0.1, 0.15) is 23.4 Å². The lowest BCUT2D eigenvalue weighted by Crippen LogP contribution is -2.45. The van der Waals surface area contributed by atoms with E-state index in [9.17, 15) is 18.4 Å². The summed E-state index contributed by atoms with van der Waals surface area (Å²) in [5.74, 6) is -3.18. The van der Waals surface area contributed by atoms with Crippen LogP contribution in [0.1, 0.15) is 6.92 Å². The number of halogens is 2. The number of nitrogen functional groups attached to an aromatic ring is 1. The van der Waals surface area contributed by atoms with Crippen LogP contribution in [0.3, 0.4) is 0 Å². The molecule has 0 aliphatic rings. The first-order valence-corrected chi connectivity index (χ1v) is 6.81. The Morgan fingerprint density at radius 2 is 1.88 bits per heavy atom. The average molecular weight is 336 g/mol. The highest BCUT2D eigenvalue weighted by Gasteiger charge is 2.31. The highest BCUT2D eigenvalue weighted by molar-refractivity contribution is 6.05. The third kappa shape index (κ3) is 3.40. The minimum atomic E-state index is -1.46. The molecule has 0 aliphatic heterocycles. The number of benzene rings is 1. The van der Waals surface area contributed by atoms with E-state index in [1.54, 1.807) is 0 Å². The highest BCUT2D eigenvalue weighted by Crippen LogP contribution is 2.33. The molecule has 1 aromatic carbocycles. The van der Waals surface area contributed by atoms with E-state index in [0.29, 0.717) is 4.90 Å². The lowest BCUT2D eigenvalue weighted by atomic mass is 10.2. The number of hydrogen-bond acceptors (Lipinski definition) is 4. The van der Waals surface area contributed by atoms with E-state index >= 15 is 0 Å². The summed E-state index contributed by atoms with van der Waals surface area (Å²) in [6.45, 7) is 1.24. The molecule has 1 aromatic heterocycles. The van der Waals surface area contributed by atoms with Crippen LogP contribution in [-0.2, 0) is 4.79 Å². The van der Waals surface area contributed by atoms with Crippen LogP contribution in [0.25, 0.3) is 0 Å². The van der Waals surface area contributed by atoms with Gasteiger partial charge < -0.3 is 16.2 Å². The Balaban J connectivity index is 2.61. The van der Waals surface area contributed by atoms with Crippen LogP contribution in [0, 0.1) is 11.6 Å². The quantitative estimate of drug-likeness (QED) is 0.793. The molecule has 1 heterocycles. The van der Waals surface area contributed by atoms with Crippen LogP contribution in [0.4, 0.5) is 30.8 Å². The first kappa shape index (κ1) is 17.1. The van der Waals surface area contributed by atoms with Crippen molar-refractivity contribution in [3.63, 3.8) is 0 Å². The van der Waals surface area contributed by atoms with E-state index in [4.69, 9.17) is 10.8 Å². The second kappa shape index (κ2) is 6.90. The molecular formula is C15H14F2N4O3. The fourth-order valence-electron chi connectivity index (χ4n) is 2.06. The van der Waals surface area contributed by atoms with Gasteiger partial charge in [0, 0.05) is 6.20 Å². The van der Waals surface area contributed by atoms with Crippen molar-refractivity contribution >= 4 is 29.2 Å². The Morgan fingerprint density at radius 3 is 2.42 bits per heavy atom. The molecule has 4 N–H and O–H groups in total. The molecule has 2 rings (SSSR count). The topological polar surface area (TPSA) is 109 Å². The number of rotatable bonds is 4. The maximum absolute atomic E-state index is 14.2. The van der Waals surface area contributed by atoms with Crippen molar-refractivity contribution in [2.75, 3.05) is 10.6 Å². The van der Waals surface area contributed by atoms with Gasteiger partial charge in [-0.3, -0.25) is 9.69 Å². The summed E-state index contributed by atoms with van der Waals surface area (Å²) in [7, 11) is 0. The number of pyridine rings is 1. The molecule has 0 radical (unpaired) electrons. The Morgan fingerprint density at radius 1 is 1.25 bits per heavy atom. The van der Waals surface area contributed by atoms with Crippen molar-refractivity contribution in [1.82, 2.24) is 10.3 Å². The van der Waals surface area contributed by atoms with E-state index in [-0.39, 0.29) is 11.5 Å². The fourth-order valence-corrected chi connectivity index (χ4v) is 2.06. The largest absolute Gasteiger partial charge is 0.465 e. The van der Waals surface area contributed by atoms with Crippen molar-refractivity contribution < 1.29 is 23.5 Å². The van der Waals surface area contributed by atoms with Gasteiger partial charge in [0.2, 0.25) is 0 Å². The second-order valence-corrected chi connectivity index (χ2v) is 4.83. The van der Waals surface area contributed by atoms with Gasteiger partial charge in [0.15, 0.2) is 5.82 Å². The summed E-state index contributed by atoms with van der Waals surface area (Å²) >= 11 is 0. The first-order valence-electron chi connectivity index (χ1n) is 6.81. The normalized spacial score (nSPS) is 11.6. The molecule has 2 amide bonds. The fraction of sp³-hybridized carbons (Fsp3) is 0.133. The third-order valence-corrected chi connectivity index (χ3v) is 3.12. The van der Waals surface area contributed by atoms with E-state index < -0.39 is 35.4 Å².